The quantitative estimate of drug-likeness (QED) is 0.741. The van der Waals surface area contributed by atoms with Crippen LogP contribution in [0.5, 0.6) is 0 Å². The molecule has 3 rings (SSSR count). The summed E-state index contributed by atoms with van der Waals surface area (Å²) in [6, 6.07) is 21.7. The molecule has 0 radical (unpaired) electrons. The van der Waals surface area contributed by atoms with Gasteiger partial charge in [0.05, 0.1) is 4.88 Å². The van der Waals surface area contributed by atoms with E-state index in [1.54, 1.807) is 0 Å². The van der Waals surface area contributed by atoms with Gasteiger partial charge in [-0.2, -0.15) is 0 Å². The van der Waals surface area contributed by atoms with Crippen molar-refractivity contribution >= 4 is 22.9 Å². The first-order valence-corrected chi connectivity index (χ1v) is 7.21. The fourth-order valence-corrected chi connectivity index (χ4v) is 2.60. The lowest BCUT2D eigenvalue weighted by molar-refractivity contribution is 0.103. The molecule has 2 aromatic carbocycles. The van der Waals surface area contributed by atoms with Crippen molar-refractivity contribution in [3.05, 3.63) is 77.0 Å². The molecule has 0 unspecified atom stereocenters. The lowest BCUT2D eigenvalue weighted by Crippen LogP contribution is -2.09. The summed E-state index contributed by atoms with van der Waals surface area (Å²) < 4.78 is 0. The summed E-state index contributed by atoms with van der Waals surface area (Å²) in [6.45, 7) is 0. The molecule has 3 heteroatoms. The van der Waals surface area contributed by atoms with E-state index in [0.717, 1.165) is 16.1 Å². The van der Waals surface area contributed by atoms with E-state index in [1.165, 1.54) is 16.9 Å². The molecule has 1 N–H and O–H groups in total. The van der Waals surface area contributed by atoms with Crippen LogP contribution < -0.4 is 5.32 Å². The summed E-state index contributed by atoms with van der Waals surface area (Å²) in [6.07, 6.45) is 0. The van der Waals surface area contributed by atoms with E-state index in [1.807, 2.05) is 60.0 Å². The van der Waals surface area contributed by atoms with E-state index in [2.05, 4.69) is 17.4 Å². The molecule has 0 aliphatic carbocycles. The molecule has 0 aliphatic rings. The third-order valence-electron chi connectivity index (χ3n) is 2.99. The second-order valence-electron chi connectivity index (χ2n) is 4.37. The Morgan fingerprint density at radius 2 is 1.50 bits per heavy atom. The molecule has 1 heterocycles. The van der Waals surface area contributed by atoms with E-state index < -0.39 is 0 Å². The van der Waals surface area contributed by atoms with Crippen LogP contribution in [0.4, 0.5) is 5.69 Å². The lowest BCUT2D eigenvalue weighted by atomic mass is 10.1. The molecule has 20 heavy (non-hydrogen) atoms. The smallest absolute Gasteiger partial charge is 0.265 e. The first kappa shape index (κ1) is 12.6. The van der Waals surface area contributed by atoms with Crippen molar-refractivity contribution in [2.75, 3.05) is 5.32 Å². The largest absolute Gasteiger partial charge is 0.321 e. The van der Waals surface area contributed by atoms with Crippen LogP contribution in [-0.2, 0) is 0 Å². The predicted molar refractivity (Wildman–Crippen MR) is 84.2 cm³/mol. The third-order valence-corrected chi connectivity index (χ3v) is 3.86. The van der Waals surface area contributed by atoms with Crippen LogP contribution in [0.1, 0.15) is 9.67 Å². The van der Waals surface area contributed by atoms with Gasteiger partial charge in [-0.25, -0.2) is 0 Å². The average molecular weight is 279 g/mol. The van der Waals surface area contributed by atoms with Gasteiger partial charge < -0.3 is 5.32 Å². The average Bonchev–Trinajstić information content (AvgIpc) is 3.03. The summed E-state index contributed by atoms with van der Waals surface area (Å²) in [5, 5.41) is 4.79. The highest BCUT2D eigenvalue weighted by Crippen LogP contribution is 2.21. The SMILES string of the molecule is O=C(Nc1ccc(-c2ccccc2)cc1)c1cccs1. The van der Waals surface area contributed by atoms with Crippen molar-refractivity contribution in [1.29, 1.82) is 0 Å². The Labute approximate surface area is 121 Å². The molecule has 1 aromatic heterocycles. The van der Waals surface area contributed by atoms with E-state index in [4.69, 9.17) is 0 Å². The number of anilines is 1. The number of carbonyl (C=O) groups excluding carboxylic acids is 1. The highest BCUT2D eigenvalue weighted by Gasteiger charge is 2.06. The van der Waals surface area contributed by atoms with Gasteiger partial charge in [0.2, 0.25) is 0 Å². The van der Waals surface area contributed by atoms with Gasteiger partial charge in [0.15, 0.2) is 0 Å². The Balaban J connectivity index is 1.75. The van der Waals surface area contributed by atoms with Crippen LogP contribution in [0.2, 0.25) is 0 Å². The fourth-order valence-electron chi connectivity index (χ4n) is 1.98. The van der Waals surface area contributed by atoms with Crippen LogP contribution in [0.25, 0.3) is 11.1 Å². The molecule has 2 nitrogen and oxygen atoms in total. The van der Waals surface area contributed by atoms with Crippen LogP contribution in [0, 0.1) is 0 Å². The molecule has 0 saturated heterocycles. The second-order valence-corrected chi connectivity index (χ2v) is 5.32. The number of hydrogen-bond acceptors (Lipinski definition) is 2. The van der Waals surface area contributed by atoms with Crippen molar-refractivity contribution in [1.82, 2.24) is 0 Å². The number of thiophene rings is 1. The summed E-state index contributed by atoms with van der Waals surface area (Å²) in [4.78, 5) is 12.6. The Bertz CT molecular complexity index is 688. The van der Waals surface area contributed by atoms with Gasteiger partial charge in [-0.15, -0.1) is 11.3 Å². The summed E-state index contributed by atoms with van der Waals surface area (Å²) in [7, 11) is 0. The normalized spacial score (nSPS) is 10.2. The number of rotatable bonds is 3. The third kappa shape index (κ3) is 2.78. The maximum absolute atomic E-state index is 11.9. The first-order chi connectivity index (χ1) is 9.83. The monoisotopic (exact) mass is 279 g/mol. The van der Waals surface area contributed by atoms with Crippen molar-refractivity contribution in [2.45, 2.75) is 0 Å². The van der Waals surface area contributed by atoms with Crippen molar-refractivity contribution in [3.63, 3.8) is 0 Å². The van der Waals surface area contributed by atoms with Gasteiger partial charge in [-0.3, -0.25) is 4.79 Å². The van der Waals surface area contributed by atoms with Gasteiger partial charge in [0, 0.05) is 5.69 Å². The zero-order valence-corrected chi connectivity index (χ0v) is 11.6. The van der Waals surface area contributed by atoms with Crippen LogP contribution >= 0.6 is 11.3 Å². The molecule has 0 aliphatic heterocycles. The van der Waals surface area contributed by atoms with Crippen molar-refractivity contribution < 1.29 is 4.79 Å². The molecule has 0 atom stereocenters. The molecule has 3 aromatic rings. The minimum atomic E-state index is -0.0625. The first-order valence-electron chi connectivity index (χ1n) is 6.33. The van der Waals surface area contributed by atoms with Crippen LogP contribution in [0.15, 0.2) is 72.1 Å². The molecule has 0 fully saturated rings. The van der Waals surface area contributed by atoms with E-state index in [0.29, 0.717) is 0 Å². The molecule has 0 saturated carbocycles. The fraction of sp³-hybridized carbons (Fsp3) is 0. The Kier molecular flexibility index (Phi) is 3.61. The van der Waals surface area contributed by atoms with Gasteiger partial charge in [0.25, 0.3) is 5.91 Å². The minimum absolute atomic E-state index is 0.0625. The lowest BCUT2D eigenvalue weighted by Gasteiger charge is -2.05. The summed E-state index contributed by atoms with van der Waals surface area (Å²) >= 11 is 1.44. The zero-order valence-electron chi connectivity index (χ0n) is 10.7. The zero-order chi connectivity index (χ0) is 13.8. The predicted octanol–water partition coefficient (Wildman–Crippen LogP) is 4.67. The maximum atomic E-state index is 11.9. The number of nitrogens with one attached hydrogen (secondary N) is 1. The van der Waals surface area contributed by atoms with Crippen LogP contribution in [0.3, 0.4) is 0 Å². The maximum Gasteiger partial charge on any atom is 0.265 e. The van der Waals surface area contributed by atoms with Crippen molar-refractivity contribution in [3.8, 4) is 11.1 Å². The van der Waals surface area contributed by atoms with Gasteiger partial charge >= 0.3 is 0 Å². The van der Waals surface area contributed by atoms with Gasteiger partial charge in [-0.05, 0) is 34.7 Å². The minimum Gasteiger partial charge on any atom is -0.321 e. The molecule has 1 amide bonds. The highest BCUT2D eigenvalue weighted by molar-refractivity contribution is 7.12. The second kappa shape index (κ2) is 5.72. The standard InChI is InChI=1S/C17H13NOS/c19-17(16-7-4-12-20-16)18-15-10-8-14(9-11-15)13-5-2-1-3-6-13/h1-12H,(H,18,19). The van der Waals surface area contributed by atoms with E-state index >= 15 is 0 Å². The summed E-state index contributed by atoms with van der Waals surface area (Å²) in [5.41, 5.74) is 3.12. The number of hydrogen-bond donors (Lipinski definition) is 1. The Hall–Kier alpha value is -2.39. The Morgan fingerprint density at radius 1 is 0.800 bits per heavy atom. The Morgan fingerprint density at radius 3 is 2.15 bits per heavy atom. The summed E-state index contributed by atoms with van der Waals surface area (Å²) in [5.74, 6) is -0.0625. The van der Waals surface area contributed by atoms with E-state index in [9.17, 15) is 4.79 Å². The topological polar surface area (TPSA) is 29.1 Å². The van der Waals surface area contributed by atoms with Gasteiger partial charge in [0.1, 0.15) is 0 Å². The molecular weight excluding hydrogens is 266 g/mol. The molecule has 98 valence electrons. The number of amides is 1. The molecule has 0 spiro atoms. The molecule has 0 bridgehead atoms. The van der Waals surface area contributed by atoms with E-state index in [-0.39, 0.29) is 5.91 Å². The van der Waals surface area contributed by atoms with Gasteiger partial charge in [-0.1, -0.05) is 48.5 Å². The number of benzene rings is 2. The van der Waals surface area contributed by atoms with Crippen LogP contribution in [-0.4, -0.2) is 5.91 Å². The number of carbonyl (C=O) groups is 1. The highest BCUT2D eigenvalue weighted by atomic mass is 32.1. The molecular formula is C17H13NOS. The van der Waals surface area contributed by atoms with Crippen molar-refractivity contribution in [2.24, 2.45) is 0 Å².